The number of aliphatic hydroxyl groups excluding tert-OH is 1. The summed E-state index contributed by atoms with van der Waals surface area (Å²) in [5, 5.41) is 27.9. The van der Waals surface area contributed by atoms with Crippen molar-refractivity contribution in [1.29, 1.82) is 0 Å². The molecule has 2 atom stereocenters. The Hall–Kier alpha value is -1.55. The summed E-state index contributed by atoms with van der Waals surface area (Å²) in [6, 6.07) is 1.41. The molecule has 2 rings (SSSR count). The Morgan fingerprint density at radius 2 is 1.91 bits per heavy atom. The van der Waals surface area contributed by atoms with Gasteiger partial charge in [0.15, 0.2) is 5.75 Å². The van der Waals surface area contributed by atoms with Crippen LogP contribution in [0, 0.1) is 12.8 Å². The lowest BCUT2D eigenvalue weighted by atomic mass is 9.84. The molecule has 0 saturated carbocycles. The van der Waals surface area contributed by atoms with Gasteiger partial charge in [-0.2, -0.15) is 0 Å². The molecule has 0 spiro atoms. The molecule has 0 amide bonds. The van der Waals surface area contributed by atoms with Gasteiger partial charge in [-0.3, -0.25) is 4.79 Å². The molecule has 4 nitrogen and oxygen atoms in total. The fourth-order valence-corrected chi connectivity index (χ4v) is 2.81. The molecular weight excluding hydrogens is 280 g/mol. The van der Waals surface area contributed by atoms with Gasteiger partial charge < -0.3 is 15.3 Å². The molecule has 4 heteroatoms. The van der Waals surface area contributed by atoms with E-state index in [4.69, 9.17) is 5.11 Å². The molecule has 0 fully saturated rings. The molecule has 0 radical (unpaired) electrons. The zero-order valence-corrected chi connectivity index (χ0v) is 14.0. The van der Waals surface area contributed by atoms with Crippen LogP contribution in [0.5, 0.6) is 11.5 Å². The molecule has 0 aromatic heterocycles. The van der Waals surface area contributed by atoms with Gasteiger partial charge in [0.25, 0.3) is 0 Å². The predicted octanol–water partition coefficient (Wildman–Crippen LogP) is 3.06. The third-order valence-corrected chi connectivity index (χ3v) is 4.08. The van der Waals surface area contributed by atoms with E-state index in [2.05, 4.69) is 13.8 Å². The molecule has 124 valence electrons. The number of aryl methyl sites for hydroxylation is 1. The van der Waals surface area contributed by atoms with Crippen molar-refractivity contribution in [2.75, 3.05) is 0 Å². The van der Waals surface area contributed by atoms with Gasteiger partial charge in [0.05, 0.1) is 6.10 Å². The van der Waals surface area contributed by atoms with Crippen molar-refractivity contribution in [3.05, 3.63) is 33.0 Å². The number of fused-ring (bicyclic) bond motifs is 1. The minimum Gasteiger partial charge on any atom is -0.504 e. The molecule has 2 unspecified atom stereocenters. The van der Waals surface area contributed by atoms with E-state index in [9.17, 15) is 15.0 Å². The highest BCUT2D eigenvalue weighted by Crippen LogP contribution is 2.35. The Morgan fingerprint density at radius 3 is 2.41 bits per heavy atom. The van der Waals surface area contributed by atoms with Gasteiger partial charge in [-0.05, 0) is 62.6 Å². The lowest BCUT2D eigenvalue weighted by molar-refractivity contribution is 0.183. The molecule has 22 heavy (non-hydrogen) atoms. The van der Waals surface area contributed by atoms with Crippen molar-refractivity contribution in [3.63, 3.8) is 0 Å². The molecule has 0 aliphatic heterocycles. The van der Waals surface area contributed by atoms with Crippen LogP contribution in [-0.2, 0) is 12.8 Å². The van der Waals surface area contributed by atoms with Crippen LogP contribution in [0.25, 0.3) is 0 Å². The van der Waals surface area contributed by atoms with Gasteiger partial charge in [-0.15, -0.1) is 0 Å². The van der Waals surface area contributed by atoms with Crippen molar-refractivity contribution in [3.8, 4) is 11.5 Å². The standard InChI is InChI=1S/C13H16O3.C5H12O/c1-7-3-4-9-10(5-7)8(2)6-11(14)13(16)12(9)15;1-3-4-5(2)6/h6-7H,3-5H2,1-2H3,(H2,14,15,16);5-6H,3-4H2,1-2H3. The number of hydrogen-bond acceptors (Lipinski definition) is 4. The summed E-state index contributed by atoms with van der Waals surface area (Å²) in [4.78, 5) is 11.5. The monoisotopic (exact) mass is 308 g/mol. The average Bonchev–Trinajstić information content (AvgIpc) is 2.52. The minimum absolute atomic E-state index is 0.102. The maximum absolute atomic E-state index is 11.5. The van der Waals surface area contributed by atoms with Gasteiger partial charge in [0, 0.05) is 5.56 Å². The fourth-order valence-electron chi connectivity index (χ4n) is 2.81. The molecule has 1 aromatic carbocycles. The van der Waals surface area contributed by atoms with Crippen LogP contribution in [0.15, 0.2) is 10.9 Å². The summed E-state index contributed by atoms with van der Waals surface area (Å²) >= 11 is 0. The van der Waals surface area contributed by atoms with Gasteiger partial charge >= 0.3 is 0 Å². The predicted molar refractivity (Wildman–Crippen MR) is 88.6 cm³/mol. The molecule has 3 N–H and O–H groups in total. The van der Waals surface area contributed by atoms with Gasteiger partial charge in [-0.25, -0.2) is 0 Å². The molecule has 0 bridgehead atoms. The number of hydrogen-bond donors (Lipinski definition) is 3. The molecule has 0 saturated heterocycles. The second kappa shape index (κ2) is 8.18. The molecule has 1 aliphatic rings. The van der Waals surface area contributed by atoms with Gasteiger partial charge in [-0.1, -0.05) is 20.3 Å². The first-order valence-corrected chi connectivity index (χ1v) is 8.03. The van der Waals surface area contributed by atoms with Crippen LogP contribution in [0.3, 0.4) is 0 Å². The topological polar surface area (TPSA) is 77.8 Å². The average molecular weight is 308 g/mol. The second-order valence-electron chi connectivity index (χ2n) is 6.33. The van der Waals surface area contributed by atoms with Crippen molar-refractivity contribution in [1.82, 2.24) is 0 Å². The van der Waals surface area contributed by atoms with Crippen LogP contribution >= 0.6 is 0 Å². The lowest BCUT2D eigenvalue weighted by Gasteiger charge is -2.21. The van der Waals surface area contributed by atoms with E-state index in [-0.39, 0.29) is 11.9 Å². The zero-order chi connectivity index (χ0) is 16.9. The Kier molecular flexibility index (Phi) is 6.88. The van der Waals surface area contributed by atoms with Crippen molar-refractivity contribution in [2.45, 2.75) is 65.9 Å². The quantitative estimate of drug-likeness (QED) is 0.784. The first-order chi connectivity index (χ1) is 10.3. The largest absolute Gasteiger partial charge is 0.504 e. The first-order valence-electron chi connectivity index (χ1n) is 8.03. The summed E-state index contributed by atoms with van der Waals surface area (Å²) in [6.07, 6.45) is 4.48. The Morgan fingerprint density at radius 1 is 1.27 bits per heavy atom. The minimum atomic E-state index is -0.515. The van der Waals surface area contributed by atoms with E-state index in [0.717, 1.165) is 48.8 Å². The highest BCUT2D eigenvalue weighted by atomic mass is 16.3. The smallest absolute Gasteiger partial charge is 0.224 e. The molecule has 0 heterocycles. The summed E-state index contributed by atoms with van der Waals surface area (Å²) in [6.45, 7) is 7.89. The first kappa shape index (κ1) is 18.5. The summed E-state index contributed by atoms with van der Waals surface area (Å²) in [7, 11) is 0. The molecular formula is C18H28O4. The lowest BCUT2D eigenvalue weighted by Crippen LogP contribution is -2.11. The third kappa shape index (κ3) is 4.73. The highest BCUT2D eigenvalue weighted by molar-refractivity contribution is 5.50. The number of aliphatic hydroxyl groups is 1. The van der Waals surface area contributed by atoms with Crippen LogP contribution in [0.2, 0.25) is 0 Å². The van der Waals surface area contributed by atoms with E-state index in [1.807, 2.05) is 13.8 Å². The van der Waals surface area contributed by atoms with Crippen molar-refractivity contribution >= 4 is 0 Å². The van der Waals surface area contributed by atoms with E-state index >= 15 is 0 Å². The highest BCUT2D eigenvalue weighted by Gasteiger charge is 2.21. The number of aromatic hydroxyl groups is 2. The summed E-state index contributed by atoms with van der Waals surface area (Å²) < 4.78 is 0. The Balaban J connectivity index is 0.000000346. The van der Waals surface area contributed by atoms with E-state index in [0.29, 0.717) is 5.92 Å². The van der Waals surface area contributed by atoms with Crippen LogP contribution in [0.4, 0.5) is 0 Å². The van der Waals surface area contributed by atoms with E-state index in [1.165, 1.54) is 6.07 Å². The summed E-state index contributed by atoms with van der Waals surface area (Å²) in [5.41, 5.74) is 2.13. The third-order valence-electron chi connectivity index (χ3n) is 4.08. The maximum Gasteiger partial charge on any atom is 0.224 e. The molecule has 1 aromatic rings. The SMILES string of the molecule is CCCC(C)O.Cc1cc(=O)c(O)c(O)c2c1CC(C)CC2. The Labute approximate surface area is 132 Å². The van der Waals surface area contributed by atoms with Crippen molar-refractivity contribution < 1.29 is 15.3 Å². The summed E-state index contributed by atoms with van der Waals surface area (Å²) in [5.74, 6) is -0.177. The normalized spacial score (nSPS) is 18.0. The van der Waals surface area contributed by atoms with Crippen molar-refractivity contribution in [2.24, 2.45) is 5.92 Å². The van der Waals surface area contributed by atoms with Gasteiger partial charge in [0.2, 0.25) is 11.2 Å². The maximum atomic E-state index is 11.5. The van der Waals surface area contributed by atoms with E-state index in [1.54, 1.807) is 0 Å². The Bertz CT molecular complexity index is 564. The number of rotatable bonds is 2. The van der Waals surface area contributed by atoms with Crippen LogP contribution in [0.1, 0.15) is 56.7 Å². The van der Waals surface area contributed by atoms with Crippen LogP contribution in [-0.4, -0.2) is 21.4 Å². The molecule has 1 aliphatic carbocycles. The fraction of sp³-hybridized carbons (Fsp3) is 0.611. The van der Waals surface area contributed by atoms with E-state index < -0.39 is 11.2 Å². The van der Waals surface area contributed by atoms with Gasteiger partial charge in [0.1, 0.15) is 0 Å². The van der Waals surface area contributed by atoms with Crippen LogP contribution < -0.4 is 5.43 Å². The zero-order valence-electron chi connectivity index (χ0n) is 14.0. The second-order valence-corrected chi connectivity index (χ2v) is 6.33.